The van der Waals surface area contributed by atoms with Crippen LogP contribution in [0.5, 0.6) is 0 Å². The molecule has 2 N–H and O–H groups in total. The Labute approximate surface area is 137 Å². The molecule has 1 aliphatic rings. The highest BCUT2D eigenvalue weighted by atomic mass is 15.3. The fourth-order valence-corrected chi connectivity index (χ4v) is 2.95. The summed E-state index contributed by atoms with van der Waals surface area (Å²) in [4.78, 5) is 6.73. The van der Waals surface area contributed by atoms with Gasteiger partial charge >= 0.3 is 0 Å². The van der Waals surface area contributed by atoms with Crippen LogP contribution in [0.2, 0.25) is 0 Å². The first kappa shape index (κ1) is 15.6. The number of aliphatic imine (C=N–C) groups is 1. The fourth-order valence-electron chi connectivity index (χ4n) is 2.95. The molecule has 0 atom stereocenters. The maximum atomic E-state index is 6.08. The molecule has 23 heavy (non-hydrogen) atoms. The lowest BCUT2D eigenvalue weighted by molar-refractivity contribution is 0.295. The molecule has 5 heteroatoms. The molecular weight excluding hydrogens is 286 g/mol. The lowest BCUT2D eigenvalue weighted by Gasteiger charge is -2.31. The first-order valence-electron chi connectivity index (χ1n) is 8.44. The number of guanidine groups is 1. The van der Waals surface area contributed by atoms with Gasteiger partial charge in [-0.15, -0.1) is 0 Å². The van der Waals surface area contributed by atoms with Gasteiger partial charge in [0.05, 0.1) is 17.9 Å². The highest BCUT2D eigenvalue weighted by Gasteiger charge is 2.18. The Morgan fingerprint density at radius 3 is 2.48 bits per heavy atom. The summed E-state index contributed by atoms with van der Waals surface area (Å²) < 4.78 is 2.06. The molecule has 122 valence electrons. The van der Waals surface area contributed by atoms with Crippen LogP contribution in [0.25, 0.3) is 5.69 Å². The first-order valence-corrected chi connectivity index (χ1v) is 8.44. The van der Waals surface area contributed by atoms with Crippen molar-refractivity contribution in [2.45, 2.75) is 39.7 Å². The number of nitrogens with two attached hydrogens (primary N) is 1. The van der Waals surface area contributed by atoms with Gasteiger partial charge in [0.15, 0.2) is 5.96 Å². The van der Waals surface area contributed by atoms with Gasteiger partial charge in [-0.1, -0.05) is 32.0 Å². The van der Waals surface area contributed by atoms with Crippen LogP contribution in [0.1, 0.15) is 37.2 Å². The Balaban J connectivity index is 1.93. The number of aryl methyl sites for hydroxylation is 1. The summed E-state index contributed by atoms with van der Waals surface area (Å²) in [6.45, 7) is 6.98. The number of rotatable bonds is 5. The first-order chi connectivity index (χ1) is 11.2. The zero-order valence-electron chi connectivity index (χ0n) is 14.0. The topological polar surface area (TPSA) is 59.4 Å². The molecule has 1 aromatic carbocycles. The maximum absolute atomic E-state index is 6.08. The van der Waals surface area contributed by atoms with E-state index in [1.165, 1.54) is 17.7 Å². The van der Waals surface area contributed by atoms with Gasteiger partial charge in [0.25, 0.3) is 0 Å². The van der Waals surface area contributed by atoms with Crippen molar-refractivity contribution in [2.75, 3.05) is 13.1 Å². The molecule has 0 amide bonds. The van der Waals surface area contributed by atoms with Crippen molar-refractivity contribution in [1.82, 2.24) is 14.7 Å². The third-order valence-corrected chi connectivity index (χ3v) is 4.42. The number of hydrogen-bond acceptors (Lipinski definition) is 2. The third-order valence-electron chi connectivity index (χ3n) is 4.42. The van der Waals surface area contributed by atoms with Crippen LogP contribution in [-0.4, -0.2) is 33.7 Å². The van der Waals surface area contributed by atoms with E-state index >= 15 is 0 Å². The van der Waals surface area contributed by atoms with E-state index in [-0.39, 0.29) is 0 Å². The molecule has 0 unspecified atom stereocenters. The minimum atomic E-state index is 0.613. The lowest BCUT2D eigenvalue weighted by atomic mass is 10.1. The summed E-state index contributed by atoms with van der Waals surface area (Å²) in [5, 5.41) is 4.82. The Morgan fingerprint density at radius 2 is 1.91 bits per heavy atom. The second-order valence-corrected chi connectivity index (χ2v) is 5.84. The molecule has 1 saturated heterocycles. The highest BCUT2D eigenvalue weighted by molar-refractivity contribution is 5.78. The van der Waals surface area contributed by atoms with Crippen molar-refractivity contribution < 1.29 is 0 Å². The molecule has 1 aromatic heterocycles. The van der Waals surface area contributed by atoms with Crippen molar-refractivity contribution in [2.24, 2.45) is 10.7 Å². The molecule has 2 heterocycles. The van der Waals surface area contributed by atoms with Gasteiger partial charge in [0.2, 0.25) is 0 Å². The summed E-state index contributed by atoms with van der Waals surface area (Å²) in [6, 6.07) is 10.3. The summed E-state index contributed by atoms with van der Waals surface area (Å²) in [7, 11) is 0. The largest absolute Gasteiger partial charge is 0.370 e. The van der Waals surface area contributed by atoms with Gasteiger partial charge in [-0.25, -0.2) is 9.67 Å². The van der Waals surface area contributed by atoms with E-state index in [4.69, 9.17) is 10.8 Å². The van der Waals surface area contributed by atoms with Gasteiger partial charge in [0.1, 0.15) is 0 Å². The van der Waals surface area contributed by atoms with E-state index in [1.807, 2.05) is 18.2 Å². The van der Waals surface area contributed by atoms with E-state index in [0.717, 1.165) is 37.3 Å². The molecule has 0 aliphatic carbocycles. The Kier molecular flexibility index (Phi) is 4.65. The molecule has 0 saturated carbocycles. The molecule has 1 aliphatic heterocycles. The summed E-state index contributed by atoms with van der Waals surface area (Å²) in [6.07, 6.45) is 3.04. The minimum Gasteiger partial charge on any atom is -0.370 e. The molecule has 0 radical (unpaired) electrons. The fraction of sp³-hybridized carbons (Fsp3) is 0.444. The van der Waals surface area contributed by atoms with Gasteiger partial charge in [0, 0.05) is 24.3 Å². The Bertz CT molecular complexity index is 683. The Hall–Kier alpha value is -2.30. The lowest BCUT2D eigenvalue weighted by Crippen LogP contribution is -2.46. The number of aromatic nitrogens is 2. The van der Waals surface area contributed by atoms with Crippen LogP contribution in [0.3, 0.4) is 0 Å². The molecule has 5 nitrogen and oxygen atoms in total. The number of likely N-dealkylation sites (tertiary alicyclic amines) is 1. The van der Waals surface area contributed by atoms with Crippen LogP contribution in [0, 0.1) is 0 Å². The van der Waals surface area contributed by atoms with Crippen LogP contribution in [0.15, 0.2) is 35.3 Å². The average Bonchev–Trinajstić information content (AvgIpc) is 2.89. The van der Waals surface area contributed by atoms with Crippen molar-refractivity contribution >= 4 is 5.96 Å². The molecule has 1 fully saturated rings. The number of nitrogens with zero attached hydrogens (tertiary/aromatic N) is 4. The average molecular weight is 311 g/mol. The van der Waals surface area contributed by atoms with Crippen molar-refractivity contribution in [3.05, 3.63) is 47.3 Å². The maximum Gasteiger partial charge on any atom is 0.191 e. The van der Waals surface area contributed by atoms with Crippen LogP contribution >= 0.6 is 0 Å². The van der Waals surface area contributed by atoms with Crippen molar-refractivity contribution in [3.8, 4) is 5.69 Å². The van der Waals surface area contributed by atoms with E-state index in [2.05, 4.69) is 40.6 Å². The molecular formula is C18H25N5. The van der Waals surface area contributed by atoms with Crippen molar-refractivity contribution in [1.29, 1.82) is 0 Å². The predicted molar refractivity (Wildman–Crippen MR) is 93.8 cm³/mol. The van der Waals surface area contributed by atoms with Crippen molar-refractivity contribution in [3.63, 3.8) is 0 Å². The summed E-state index contributed by atoms with van der Waals surface area (Å²) in [5.74, 6) is 0.660. The monoisotopic (exact) mass is 311 g/mol. The van der Waals surface area contributed by atoms with Gasteiger partial charge in [-0.3, -0.25) is 0 Å². The van der Waals surface area contributed by atoms with Crippen LogP contribution in [0.4, 0.5) is 0 Å². The third kappa shape index (κ3) is 3.09. The Morgan fingerprint density at radius 1 is 1.17 bits per heavy atom. The highest BCUT2D eigenvalue weighted by Crippen LogP contribution is 2.21. The van der Waals surface area contributed by atoms with Gasteiger partial charge in [-0.2, -0.15) is 5.10 Å². The second-order valence-electron chi connectivity index (χ2n) is 5.84. The zero-order valence-corrected chi connectivity index (χ0v) is 14.0. The van der Waals surface area contributed by atoms with E-state index in [0.29, 0.717) is 12.5 Å². The minimum absolute atomic E-state index is 0.613. The standard InChI is InChI=1S/C18H25N5/c1-3-16-15(13-20-18(19)22-11-8-12-22)17(4-2)23(21-16)14-9-6-5-7-10-14/h5-7,9-10H,3-4,8,11-13H2,1-2H3,(H2,19,20). The number of hydrogen-bond donors (Lipinski definition) is 1. The van der Waals surface area contributed by atoms with Gasteiger partial charge < -0.3 is 10.6 Å². The molecule has 0 spiro atoms. The predicted octanol–water partition coefficient (Wildman–Crippen LogP) is 2.52. The molecule has 3 rings (SSSR count). The SMILES string of the molecule is CCc1nn(-c2ccccc2)c(CC)c1CN=C(N)N1CCC1. The molecule has 2 aromatic rings. The quantitative estimate of drug-likeness (QED) is 0.682. The normalized spacial score (nSPS) is 14.9. The number of para-hydroxylation sites is 1. The second kappa shape index (κ2) is 6.86. The summed E-state index contributed by atoms with van der Waals surface area (Å²) >= 11 is 0. The van der Waals surface area contributed by atoms with E-state index < -0.39 is 0 Å². The smallest absolute Gasteiger partial charge is 0.191 e. The summed E-state index contributed by atoms with van der Waals surface area (Å²) in [5.41, 5.74) is 10.7. The van der Waals surface area contributed by atoms with Crippen LogP contribution in [-0.2, 0) is 19.4 Å². The molecule has 0 bridgehead atoms. The zero-order chi connectivity index (χ0) is 16.2. The van der Waals surface area contributed by atoms with Crippen LogP contribution < -0.4 is 5.73 Å². The van der Waals surface area contributed by atoms with E-state index in [9.17, 15) is 0 Å². The van der Waals surface area contributed by atoms with E-state index in [1.54, 1.807) is 0 Å². The van der Waals surface area contributed by atoms with Gasteiger partial charge in [-0.05, 0) is 31.4 Å². The number of benzene rings is 1.